The average Bonchev–Trinajstić information content (AvgIpc) is 2.75. The Labute approximate surface area is 182 Å². The molecule has 2 aromatic rings. The first kappa shape index (κ1) is 23.3. The summed E-state index contributed by atoms with van der Waals surface area (Å²) in [5, 5.41) is 8.47. The van der Waals surface area contributed by atoms with Crippen molar-refractivity contribution in [1.29, 1.82) is 0 Å². The lowest BCUT2D eigenvalue weighted by atomic mass is 10.1. The molecular weight excluding hydrogens is 402 g/mol. The Morgan fingerprint density at radius 2 is 1.70 bits per heavy atom. The van der Waals surface area contributed by atoms with Gasteiger partial charge in [0.2, 0.25) is 0 Å². The molecule has 0 bridgehead atoms. The van der Waals surface area contributed by atoms with Gasteiger partial charge >= 0.3 is 0 Å². The first-order valence-corrected chi connectivity index (χ1v) is 10.3. The summed E-state index contributed by atoms with van der Waals surface area (Å²) in [6, 6.07) is 13.7. The number of rotatable bonds is 10. The van der Waals surface area contributed by atoms with Gasteiger partial charge in [0.1, 0.15) is 12.4 Å². The van der Waals surface area contributed by atoms with Crippen LogP contribution in [-0.4, -0.2) is 43.3 Å². The monoisotopic (exact) mass is 429 g/mol. The third-order valence-electron chi connectivity index (χ3n) is 4.00. The van der Waals surface area contributed by atoms with Crippen molar-refractivity contribution in [2.75, 3.05) is 31.7 Å². The van der Waals surface area contributed by atoms with E-state index in [2.05, 4.69) is 16.0 Å². The van der Waals surface area contributed by atoms with Gasteiger partial charge in [0.05, 0.1) is 17.9 Å². The van der Waals surface area contributed by atoms with E-state index in [1.165, 1.54) is 0 Å². The highest BCUT2D eigenvalue weighted by Gasteiger charge is 2.13. The number of para-hydroxylation sites is 1. The molecule has 2 amide bonds. The Morgan fingerprint density at radius 3 is 2.40 bits per heavy atom. The Kier molecular flexibility index (Phi) is 9.76. The first-order chi connectivity index (χ1) is 14.5. The molecule has 8 heteroatoms. The molecule has 0 aromatic heterocycles. The molecule has 0 aliphatic carbocycles. The van der Waals surface area contributed by atoms with Gasteiger partial charge in [-0.05, 0) is 62.0 Å². The number of amides is 2. The summed E-state index contributed by atoms with van der Waals surface area (Å²) in [6.45, 7) is 6.08. The topological polar surface area (TPSA) is 88.7 Å². The quantitative estimate of drug-likeness (QED) is 0.396. The molecule has 0 fully saturated rings. The number of anilines is 1. The van der Waals surface area contributed by atoms with Crippen LogP contribution in [0, 0.1) is 0 Å². The number of carbonyl (C=O) groups is 2. The van der Waals surface area contributed by atoms with Crippen LogP contribution in [0.25, 0.3) is 0 Å². The molecule has 0 aliphatic heterocycles. The maximum Gasteiger partial charge on any atom is 0.257 e. The summed E-state index contributed by atoms with van der Waals surface area (Å²) in [7, 11) is 0. The van der Waals surface area contributed by atoms with Crippen molar-refractivity contribution in [2.45, 2.75) is 20.3 Å². The van der Waals surface area contributed by atoms with Crippen molar-refractivity contribution in [3.05, 3.63) is 59.7 Å². The van der Waals surface area contributed by atoms with E-state index >= 15 is 0 Å². The molecule has 2 rings (SSSR count). The van der Waals surface area contributed by atoms with E-state index in [0.717, 1.165) is 6.42 Å². The van der Waals surface area contributed by atoms with Gasteiger partial charge in [0.15, 0.2) is 5.11 Å². The second-order valence-electron chi connectivity index (χ2n) is 6.28. The number of benzene rings is 2. The number of carbonyl (C=O) groups excluding carboxylic acids is 2. The molecule has 0 saturated carbocycles. The van der Waals surface area contributed by atoms with Crippen molar-refractivity contribution >= 4 is 34.8 Å². The minimum absolute atomic E-state index is 0.104. The average molecular weight is 430 g/mol. The minimum Gasteiger partial charge on any atom is -0.491 e. The molecule has 0 saturated heterocycles. The number of hydrogen-bond acceptors (Lipinski definition) is 5. The maximum atomic E-state index is 12.4. The molecule has 0 spiro atoms. The molecule has 160 valence electrons. The van der Waals surface area contributed by atoms with E-state index in [1.807, 2.05) is 13.8 Å². The summed E-state index contributed by atoms with van der Waals surface area (Å²) in [5.74, 6) is 0.0919. The Bertz CT molecular complexity index is 856. The molecule has 2 aromatic carbocycles. The van der Waals surface area contributed by atoms with E-state index in [4.69, 9.17) is 21.7 Å². The lowest BCUT2D eigenvalue weighted by molar-refractivity contribution is 0.0952. The Morgan fingerprint density at radius 1 is 0.967 bits per heavy atom. The lowest BCUT2D eigenvalue weighted by Gasteiger charge is -2.13. The predicted molar refractivity (Wildman–Crippen MR) is 121 cm³/mol. The van der Waals surface area contributed by atoms with Gasteiger partial charge in [-0.2, -0.15) is 0 Å². The van der Waals surface area contributed by atoms with Crippen LogP contribution in [-0.2, 0) is 4.74 Å². The largest absolute Gasteiger partial charge is 0.491 e. The summed E-state index contributed by atoms with van der Waals surface area (Å²) < 4.78 is 10.8. The van der Waals surface area contributed by atoms with Crippen LogP contribution in [0.2, 0.25) is 0 Å². The highest BCUT2D eigenvalue weighted by atomic mass is 32.1. The lowest BCUT2D eigenvalue weighted by Crippen LogP contribution is -2.35. The van der Waals surface area contributed by atoms with E-state index < -0.39 is 0 Å². The molecule has 7 nitrogen and oxygen atoms in total. The SMILES string of the molecule is CCCNC(=O)c1ccccc1NC(=S)NC(=O)c1ccc(OCCOCC)cc1. The fourth-order valence-corrected chi connectivity index (χ4v) is 2.72. The second kappa shape index (κ2) is 12.6. The van der Waals surface area contributed by atoms with Crippen molar-refractivity contribution in [3.8, 4) is 5.75 Å². The molecule has 30 heavy (non-hydrogen) atoms. The van der Waals surface area contributed by atoms with Crippen LogP contribution in [0.15, 0.2) is 48.5 Å². The first-order valence-electron chi connectivity index (χ1n) is 9.85. The highest BCUT2D eigenvalue weighted by Crippen LogP contribution is 2.15. The normalized spacial score (nSPS) is 10.2. The molecule has 0 heterocycles. The maximum absolute atomic E-state index is 12.4. The summed E-state index contributed by atoms with van der Waals surface area (Å²) in [5.41, 5.74) is 1.41. The second-order valence-corrected chi connectivity index (χ2v) is 6.69. The van der Waals surface area contributed by atoms with E-state index in [0.29, 0.717) is 48.9 Å². The van der Waals surface area contributed by atoms with E-state index in [-0.39, 0.29) is 16.9 Å². The summed E-state index contributed by atoms with van der Waals surface area (Å²) in [6.07, 6.45) is 0.839. The van der Waals surface area contributed by atoms with Gasteiger partial charge in [-0.3, -0.25) is 14.9 Å². The van der Waals surface area contributed by atoms with Gasteiger partial charge in [-0.1, -0.05) is 19.1 Å². The number of hydrogen-bond donors (Lipinski definition) is 3. The molecule has 0 unspecified atom stereocenters. The van der Waals surface area contributed by atoms with Gasteiger partial charge < -0.3 is 20.1 Å². The molecule has 0 radical (unpaired) electrons. The Hall–Kier alpha value is -2.97. The molecular formula is C22H27N3O4S. The molecule has 0 aliphatic rings. The van der Waals surface area contributed by atoms with Crippen molar-refractivity contribution in [1.82, 2.24) is 10.6 Å². The van der Waals surface area contributed by atoms with Crippen LogP contribution in [0.1, 0.15) is 41.0 Å². The zero-order valence-corrected chi connectivity index (χ0v) is 18.0. The molecule has 3 N–H and O–H groups in total. The third-order valence-corrected chi connectivity index (χ3v) is 4.20. The van der Waals surface area contributed by atoms with E-state index in [1.54, 1.807) is 48.5 Å². The minimum atomic E-state index is -0.360. The van der Waals surface area contributed by atoms with Crippen LogP contribution >= 0.6 is 12.2 Å². The smallest absolute Gasteiger partial charge is 0.257 e. The standard InChI is InChI=1S/C22H27N3O4S/c1-3-13-23-21(27)18-7-5-6-8-19(18)24-22(30)25-20(26)16-9-11-17(12-10-16)29-15-14-28-4-2/h5-12H,3-4,13-15H2,1-2H3,(H,23,27)(H2,24,25,26,30). The molecule has 0 atom stereocenters. The third kappa shape index (κ3) is 7.46. The van der Waals surface area contributed by atoms with Crippen LogP contribution < -0.4 is 20.7 Å². The van der Waals surface area contributed by atoms with Gasteiger partial charge in [-0.25, -0.2) is 0 Å². The fourth-order valence-electron chi connectivity index (χ4n) is 2.52. The zero-order chi connectivity index (χ0) is 21.8. The van der Waals surface area contributed by atoms with Crippen LogP contribution in [0.4, 0.5) is 5.69 Å². The highest BCUT2D eigenvalue weighted by molar-refractivity contribution is 7.80. The van der Waals surface area contributed by atoms with Crippen molar-refractivity contribution in [3.63, 3.8) is 0 Å². The summed E-state index contributed by atoms with van der Waals surface area (Å²) >= 11 is 5.24. The number of thiocarbonyl (C=S) groups is 1. The zero-order valence-electron chi connectivity index (χ0n) is 17.2. The van der Waals surface area contributed by atoms with Crippen LogP contribution in [0.5, 0.6) is 5.75 Å². The van der Waals surface area contributed by atoms with Gasteiger partial charge in [0.25, 0.3) is 11.8 Å². The van der Waals surface area contributed by atoms with E-state index in [9.17, 15) is 9.59 Å². The Balaban J connectivity index is 1.92. The van der Waals surface area contributed by atoms with Gasteiger partial charge in [0, 0.05) is 18.7 Å². The van der Waals surface area contributed by atoms with Gasteiger partial charge in [-0.15, -0.1) is 0 Å². The van der Waals surface area contributed by atoms with Crippen LogP contribution in [0.3, 0.4) is 0 Å². The fraction of sp³-hybridized carbons (Fsp3) is 0.318. The van der Waals surface area contributed by atoms with Crippen molar-refractivity contribution < 1.29 is 19.1 Å². The number of nitrogens with one attached hydrogen (secondary N) is 3. The summed E-state index contributed by atoms with van der Waals surface area (Å²) in [4.78, 5) is 24.7. The van der Waals surface area contributed by atoms with Crippen molar-refractivity contribution in [2.24, 2.45) is 0 Å². The number of ether oxygens (including phenoxy) is 2. The predicted octanol–water partition coefficient (Wildman–Crippen LogP) is 3.37.